The number of nitrogens with one attached hydrogen (secondary N) is 1. The molecule has 144 valence electrons. The van der Waals surface area contributed by atoms with E-state index in [4.69, 9.17) is 4.74 Å². The van der Waals surface area contributed by atoms with Gasteiger partial charge in [0.1, 0.15) is 0 Å². The van der Waals surface area contributed by atoms with E-state index in [0.29, 0.717) is 6.54 Å². The lowest BCUT2D eigenvalue weighted by Gasteiger charge is -2.27. The van der Waals surface area contributed by atoms with Crippen LogP contribution in [0.15, 0.2) is 54.6 Å². The molecule has 5 nitrogen and oxygen atoms in total. The van der Waals surface area contributed by atoms with Gasteiger partial charge < -0.3 is 15.0 Å². The van der Waals surface area contributed by atoms with Gasteiger partial charge in [-0.1, -0.05) is 30.3 Å². The topological polar surface area (TPSA) is 44.8 Å². The number of anilines is 1. The van der Waals surface area contributed by atoms with E-state index in [1.807, 2.05) is 36.4 Å². The van der Waals surface area contributed by atoms with E-state index in [2.05, 4.69) is 47.3 Å². The van der Waals surface area contributed by atoms with Gasteiger partial charge in [-0.2, -0.15) is 0 Å². The van der Waals surface area contributed by atoms with E-state index in [1.165, 1.54) is 5.56 Å². The van der Waals surface area contributed by atoms with Crippen molar-refractivity contribution in [3.05, 3.63) is 65.7 Å². The third-order valence-corrected chi connectivity index (χ3v) is 5.08. The second-order valence-electron chi connectivity index (χ2n) is 7.09. The number of amides is 1. The Balaban J connectivity index is 1.53. The molecule has 1 amide bonds. The van der Waals surface area contributed by atoms with Crippen LogP contribution in [0.2, 0.25) is 0 Å². The zero-order chi connectivity index (χ0) is 19.1. The van der Waals surface area contributed by atoms with E-state index >= 15 is 0 Å². The molecule has 2 aromatic rings. The Hall–Kier alpha value is -2.37. The summed E-state index contributed by atoms with van der Waals surface area (Å²) in [5, 5.41) is 3.07. The highest BCUT2D eigenvalue weighted by Gasteiger charge is 2.14. The SMILES string of the molecule is C[C@@H](CNC(=O)c1cccc(CN2CCOCC2)c1)N(C)c1ccccc1. The van der Waals surface area contributed by atoms with Crippen molar-refractivity contribution in [3.63, 3.8) is 0 Å². The Kier molecular flexibility index (Phi) is 6.85. The lowest BCUT2D eigenvalue weighted by molar-refractivity contribution is 0.0342. The fourth-order valence-electron chi connectivity index (χ4n) is 3.23. The quantitative estimate of drug-likeness (QED) is 0.817. The molecular formula is C22H29N3O2. The van der Waals surface area contributed by atoms with Crippen molar-refractivity contribution in [1.29, 1.82) is 0 Å². The molecule has 1 atom stereocenters. The predicted molar refractivity (Wildman–Crippen MR) is 109 cm³/mol. The molecular weight excluding hydrogens is 338 g/mol. The Morgan fingerprint density at radius 1 is 1.15 bits per heavy atom. The number of rotatable bonds is 7. The average molecular weight is 367 g/mol. The maximum atomic E-state index is 12.6. The van der Waals surface area contributed by atoms with Crippen molar-refractivity contribution in [3.8, 4) is 0 Å². The zero-order valence-corrected chi connectivity index (χ0v) is 16.2. The summed E-state index contributed by atoms with van der Waals surface area (Å²) >= 11 is 0. The van der Waals surface area contributed by atoms with E-state index in [0.717, 1.165) is 44.1 Å². The fraction of sp³-hybridized carbons (Fsp3) is 0.409. The van der Waals surface area contributed by atoms with Crippen LogP contribution in [0.1, 0.15) is 22.8 Å². The molecule has 0 aliphatic carbocycles. The molecule has 1 N–H and O–H groups in total. The molecule has 0 saturated carbocycles. The van der Waals surface area contributed by atoms with Crippen LogP contribution in [0.5, 0.6) is 0 Å². The third kappa shape index (κ3) is 5.55. The highest BCUT2D eigenvalue weighted by atomic mass is 16.5. The van der Waals surface area contributed by atoms with Crippen molar-refractivity contribution >= 4 is 11.6 Å². The lowest BCUT2D eigenvalue weighted by Crippen LogP contribution is -2.40. The molecule has 1 aliphatic rings. The molecule has 0 spiro atoms. The monoisotopic (exact) mass is 367 g/mol. The number of ether oxygens (including phenoxy) is 1. The number of morpholine rings is 1. The van der Waals surface area contributed by atoms with Crippen LogP contribution in [0.25, 0.3) is 0 Å². The largest absolute Gasteiger partial charge is 0.379 e. The van der Waals surface area contributed by atoms with Crippen molar-refractivity contribution in [2.24, 2.45) is 0 Å². The molecule has 1 saturated heterocycles. The summed E-state index contributed by atoms with van der Waals surface area (Å²) in [4.78, 5) is 17.1. The first-order chi connectivity index (χ1) is 13.1. The molecule has 0 aromatic heterocycles. The summed E-state index contributed by atoms with van der Waals surface area (Å²) in [5.74, 6) is -0.0212. The van der Waals surface area contributed by atoms with Gasteiger partial charge in [-0.15, -0.1) is 0 Å². The number of hydrogen-bond acceptors (Lipinski definition) is 4. The van der Waals surface area contributed by atoms with Gasteiger partial charge in [0.2, 0.25) is 0 Å². The summed E-state index contributed by atoms with van der Waals surface area (Å²) in [7, 11) is 2.05. The fourth-order valence-corrected chi connectivity index (χ4v) is 3.23. The van der Waals surface area contributed by atoms with E-state index in [-0.39, 0.29) is 11.9 Å². The Morgan fingerprint density at radius 3 is 2.63 bits per heavy atom. The standard InChI is InChI=1S/C22H29N3O2/c1-18(24(2)21-9-4-3-5-10-21)16-23-22(26)20-8-6-7-19(15-20)17-25-11-13-27-14-12-25/h3-10,15,18H,11-14,16-17H2,1-2H3,(H,23,26)/t18-/m0/s1. The highest BCUT2D eigenvalue weighted by molar-refractivity contribution is 5.94. The molecule has 0 radical (unpaired) electrons. The minimum Gasteiger partial charge on any atom is -0.379 e. The number of likely N-dealkylation sites (N-methyl/N-ethyl adjacent to an activating group) is 1. The molecule has 1 heterocycles. The molecule has 27 heavy (non-hydrogen) atoms. The van der Waals surface area contributed by atoms with Gasteiger partial charge in [0.05, 0.1) is 13.2 Å². The Labute approximate surface area is 161 Å². The van der Waals surface area contributed by atoms with Crippen LogP contribution in [-0.2, 0) is 11.3 Å². The maximum Gasteiger partial charge on any atom is 0.251 e. The van der Waals surface area contributed by atoms with Gasteiger partial charge in [-0.3, -0.25) is 9.69 Å². The summed E-state index contributed by atoms with van der Waals surface area (Å²) in [5.41, 5.74) is 3.03. The van der Waals surface area contributed by atoms with E-state index in [9.17, 15) is 4.79 Å². The third-order valence-electron chi connectivity index (χ3n) is 5.08. The number of benzene rings is 2. The smallest absolute Gasteiger partial charge is 0.251 e. The second-order valence-corrected chi connectivity index (χ2v) is 7.09. The Morgan fingerprint density at radius 2 is 1.89 bits per heavy atom. The Bertz CT molecular complexity index is 729. The van der Waals surface area contributed by atoms with Gasteiger partial charge >= 0.3 is 0 Å². The summed E-state index contributed by atoms with van der Waals surface area (Å²) in [6, 6.07) is 18.3. The minimum atomic E-state index is -0.0212. The van der Waals surface area contributed by atoms with Gasteiger partial charge in [0.15, 0.2) is 0 Å². The number of hydrogen-bond donors (Lipinski definition) is 1. The number of carbonyl (C=O) groups excluding carboxylic acids is 1. The first-order valence-corrected chi connectivity index (χ1v) is 9.58. The second kappa shape index (κ2) is 9.53. The van der Waals surface area contributed by atoms with E-state index < -0.39 is 0 Å². The highest BCUT2D eigenvalue weighted by Crippen LogP contribution is 2.14. The van der Waals surface area contributed by atoms with Crippen molar-refractivity contribution in [2.45, 2.75) is 19.5 Å². The molecule has 5 heteroatoms. The zero-order valence-electron chi connectivity index (χ0n) is 16.2. The average Bonchev–Trinajstić information content (AvgIpc) is 2.72. The number of nitrogens with zero attached hydrogens (tertiary/aromatic N) is 2. The normalized spacial score (nSPS) is 15.9. The van der Waals surface area contributed by atoms with Gasteiger partial charge in [0, 0.05) is 50.5 Å². The summed E-state index contributed by atoms with van der Waals surface area (Å²) in [6.45, 7) is 7.02. The van der Waals surface area contributed by atoms with Crippen molar-refractivity contribution in [2.75, 3.05) is 44.8 Å². The number of para-hydroxylation sites is 1. The number of carbonyl (C=O) groups is 1. The molecule has 0 bridgehead atoms. The van der Waals surface area contributed by atoms with Crippen molar-refractivity contribution < 1.29 is 9.53 Å². The van der Waals surface area contributed by atoms with Crippen LogP contribution in [0.3, 0.4) is 0 Å². The minimum absolute atomic E-state index is 0.0212. The molecule has 0 unspecified atom stereocenters. The van der Waals surface area contributed by atoms with Crippen LogP contribution < -0.4 is 10.2 Å². The van der Waals surface area contributed by atoms with Crippen LogP contribution in [0, 0.1) is 0 Å². The predicted octanol–water partition coefficient (Wildman–Crippen LogP) is 2.77. The summed E-state index contributed by atoms with van der Waals surface area (Å²) < 4.78 is 5.40. The van der Waals surface area contributed by atoms with Crippen molar-refractivity contribution in [1.82, 2.24) is 10.2 Å². The first-order valence-electron chi connectivity index (χ1n) is 9.58. The van der Waals surface area contributed by atoms with E-state index in [1.54, 1.807) is 0 Å². The molecule has 1 aliphatic heterocycles. The maximum absolute atomic E-state index is 12.6. The van der Waals surface area contributed by atoms with Crippen LogP contribution in [0.4, 0.5) is 5.69 Å². The van der Waals surface area contributed by atoms with Gasteiger partial charge in [-0.25, -0.2) is 0 Å². The van der Waals surface area contributed by atoms with Gasteiger partial charge in [0.25, 0.3) is 5.91 Å². The van der Waals surface area contributed by atoms with Gasteiger partial charge in [-0.05, 0) is 36.8 Å². The molecule has 3 rings (SSSR count). The first kappa shape index (κ1) is 19.4. The molecule has 2 aromatic carbocycles. The van der Waals surface area contributed by atoms with Crippen LogP contribution in [-0.4, -0.2) is 56.7 Å². The lowest BCUT2D eigenvalue weighted by atomic mass is 10.1. The van der Waals surface area contributed by atoms with Crippen LogP contribution >= 0.6 is 0 Å². The summed E-state index contributed by atoms with van der Waals surface area (Å²) in [6.07, 6.45) is 0. The molecule has 1 fully saturated rings.